The molecule has 1 aromatic heterocycles. The Morgan fingerprint density at radius 1 is 1.56 bits per heavy atom. The second kappa shape index (κ2) is 4.79. The first kappa shape index (κ1) is 13.2. The van der Waals surface area contributed by atoms with E-state index in [-0.39, 0.29) is 24.0 Å². The first-order valence-corrected chi connectivity index (χ1v) is 7.48. The SMILES string of the molecule is NS(=O)(=O)CC1CC(=O)N(c2ccc[nH]c2=S)C1. The number of H-pyrrole nitrogens is 1. The second-order valence-corrected chi connectivity index (χ2v) is 6.36. The summed E-state index contributed by atoms with van der Waals surface area (Å²) in [7, 11) is -3.56. The molecule has 1 amide bonds. The van der Waals surface area contributed by atoms with Crippen LogP contribution in [0.2, 0.25) is 0 Å². The molecule has 0 spiro atoms. The monoisotopic (exact) mass is 287 g/mol. The van der Waals surface area contributed by atoms with E-state index in [1.807, 2.05) is 0 Å². The second-order valence-electron chi connectivity index (χ2n) is 4.29. The van der Waals surface area contributed by atoms with Crippen LogP contribution < -0.4 is 10.0 Å². The number of hydrogen-bond acceptors (Lipinski definition) is 4. The average molecular weight is 287 g/mol. The van der Waals surface area contributed by atoms with Gasteiger partial charge >= 0.3 is 0 Å². The van der Waals surface area contributed by atoms with Crippen LogP contribution in [0.15, 0.2) is 18.3 Å². The lowest BCUT2D eigenvalue weighted by molar-refractivity contribution is -0.117. The first-order chi connectivity index (χ1) is 8.37. The summed E-state index contributed by atoms with van der Waals surface area (Å²) in [5.41, 5.74) is 0.606. The number of amides is 1. The first-order valence-electron chi connectivity index (χ1n) is 5.35. The van der Waals surface area contributed by atoms with Crippen molar-refractivity contribution in [2.75, 3.05) is 17.2 Å². The number of nitrogens with two attached hydrogens (primary N) is 1. The van der Waals surface area contributed by atoms with Crippen LogP contribution in [0.25, 0.3) is 0 Å². The molecule has 0 saturated carbocycles. The molecule has 2 rings (SSSR count). The summed E-state index contributed by atoms with van der Waals surface area (Å²) in [5, 5.41) is 4.99. The summed E-state index contributed by atoms with van der Waals surface area (Å²) in [5.74, 6) is -0.588. The van der Waals surface area contributed by atoms with E-state index >= 15 is 0 Å². The van der Waals surface area contributed by atoms with Gasteiger partial charge in [0.15, 0.2) is 0 Å². The van der Waals surface area contributed by atoms with E-state index in [1.54, 1.807) is 18.3 Å². The Bertz CT molecular complexity index is 623. The minimum atomic E-state index is -3.56. The molecular weight excluding hydrogens is 274 g/mol. The predicted octanol–water partition coefficient (Wildman–Crippen LogP) is 0.386. The van der Waals surface area contributed by atoms with E-state index in [9.17, 15) is 13.2 Å². The van der Waals surface area contributed by atoms with Crippen LogP contribution >= 0.6 is 12.2 Å². The van der Waals surface area contributed by atoms with Gasteiger partial charge in [0.25, 0.3) is 0 Å². The molecule has 98 valence electrons. The van der Waals surface area contributed by atoms with Gasteiger partial charge in [0.1, 0.15) is 4.64 Å². The van der Waals surface area contributed by atoms with E-state index in [1.165, 1.54) is 4.90 Å². The quantitative estimate of drug-likeness (QED) is 0.786. The lowest BCUT2D eigenvalue weighted by Crippen LogP contribution is -2.27. The van der Waals surface area contributed by atoms with Gasteiger partial charge in [0.2, 0.25) is 15.9 Å². The average Bonchev–Trinajstić information content (AvgIpc) is 2.57. The van der Waals surface area contributed by atoms with E-state index in [2.05, 4.69) is 4.98 Å². The molecule has 1 fully saturated rings. The predicted molar refractivity (Wildman–Crippen MR) is 70.1 cm³/mol. The Morgan fingerprint density at radius 2 is 2.28 bits per heavy atom. The van der Waals surface area contributed by atoms with Crippen LogP contribution in [0.4, 0.5) is 5.69 Å². The van der Waals surface area contributed by atoms with E-state index in [4.69, 9.17) is 17.4 Å². The lowest BCUT2D eigenvalue weighted by atomic mass is 10.1. The molecule has 6 nitrogen and oxygen atoms in total. The van der Waals surface area contributed by atoms with E-state index in [0.717, 1.165) is 0 Å². The highest BCUT2D eigenvalue weighted by molar-refractivity contribution is 7.89. The third kappa shape index (κ3) is 2.95. The smallest absolute Gasteiger partial charge is 0.227 e. The minimum Gasteiger partial charge on any atom is -0.351 e. The summed E-state index contributed by atoms with van der Waals surface area (Å²) in [4.78, 5) is 16.2. The van der Waals surface area contributed by atoms with Crippen molar-refractivity contribution in [3.63, 3.8) is 0 Å². The molecule has 1 atom stereocenters. The number of nitrogens with zero attached hydrogens (tertiary/aromatic N) is 1. The van der Waals surface area contributed by atoms with Gasteiger partial charge < -0.3 is 9.88 Å². The Morgan fingerprint density at radius 3 is 2.89 bits per heavy atom. The van der Waals surface area contributed by atoms with E-state index in [0.29, 0.717) is 16.9 Å². The molecule has 2 heterocycles. The number of carbonyl (C=O) groups excluding carboxylic acids is 1. The lowest BCUT2D eigenvalue weighted by Gasteiger charge is -2.16. The van der Waals surface area contributed by atoms with Crippen LogP contribution in [0.3, 0.4) is 0 Å². The standard InChI is InChI=1S/C10H13N3O3S2/c11-18(15,16)6-7-4-9(14)13(5-7)8-2-1-3-12-10(8)17/h1-3,7H,4-6H2,(H,12,17)(H2,11,15,16). The van der Waals surface area contributed by atoms with Crippen LogP contribution in [0.5, 0.6) is 0 Å². The van der Waals surface area contributed by atoms with Gasteiger partial charge in [-0.25, -0.2) is 13.6 Å². The molecule has 1 aromatic rings. The number of primary sulfonamides is 1. The van der Waals surface area contributed by atoms with Crippen molar-refractivity contribution in [1.29, 1.82) is 0 Å². The molecule has 1 unspecified atom stereocenters. The van der Waals surface area contributed by atoms with Crippen molar-refractivity contribution in [3.05, 3.63) is 23.0 Å². The maximum absolute atomic E-state index is 11.9. The molecule has 0 bridgehead atoms. The number of sulfonamides is 1. The molecular formula is C10H13N3O3S2. The summed E-state index contributed by atoms with van der Waals surface area (Å²) in [6.45, 7) is 0.330. The largest absolute Gasteiger partial charge is 0.351 e. The highest BCUT2D eigenvalue weighted by atomic mass is 32.2. The van der Waals surface area contributed by atoms with Gasteiger partial charge in [-0.3, -0.25) is 4.79 Å². The van der Waals surface area contributed by atoms with Gasteiger partial charge in [0, 0.05) is 25.1 Å². The molecule has 8 heteroatoms. The van der Waals surface area contributed by atoms with Gasteiger partial charge in [-0.2, -0.15) is 0 Å². The van der Waals surface area contributed by atoms with Gasteiger partial charge in [-0.15, -0.1) is 0 Å². The molecule has 0 aliphatic carbocycles. The Hall–Kier alpha value is -1.25. The van der Waals surface area contributed by atoms with Crippen LogP contribution in [0, 0.1) is 10.6 Å². The van der Waals surface area contributed by atoms with Gasteiger partial charge in [-0.1, -0.05) is 12.2 Å². The fourth-order valence-corrected chi connectivity index (χ4v) is 3.21. The minimum absolute atomic E-state index is 0.130. The normalized spacial score (nSPS) is 20.4. The Balaban J connectivity index is 2.21. The molecule has 0 aromatic carbocycles. The fourth-order valence-electron chi connectivity index (χ4n) is 2.08. The van der Waals surface area contributed by atoms with Crippen molar-refractivity contribution < 1.29 is 13.2 Å². The molecule has 18 heavy (non-hydrogen) atoms. The number of nitrogens with one attached hydrogen (secondary N) is 1. The number of rotatable bonds is 3. The topological polar surface area (TPSA) is 96.3 Å². The number of pyridine rings is 1. The number of hydrogen-bond donors (Lipinski definition) is 2. The van der Waals surface area contributed by atoms with Crippen LogP contribution in [-0.2, 0) is 14.8 Å². The molecule has 1 aliphatic rings. The third-order valence-corrected chi connectivity index (χ3v) is 4.02. The fraction of sp³-hybridized carbons (Fsp3) is 0.400. The Kier molecular flexibility index (Phi) is 3.51. The van der Waals surface area contributed by atoms with Crippen molar-refractivity contribution in [2.24, 2.45) is 11.1 Å². The molecule has 0 radical (unpaired) electrons. The Labute approximate surface area is 110 Å². The number of carbonyl (C=O) groups is 1. The third-order valence-electron chi connectivity index (χ3n) is 2.76. The van der Waals surface area contributed by atoms with Crippen LogP contribution in [0.1, 0.15) is 6.42 Å². The highest BCUT2D eigenvalue weighted by Gasteiger charge is 2.33. The number of aromatic nitrogens is 1. The zero-order valence-corrected chi connectivity index (χ0v) is 11.1. The summed E-state index contributed by atoms with van der Waals surface area (Å²) >= 11 is 5.10. The number of anilines is 1. The number of aromatic amines is 1. The summed E-state index contributed by atoms with van der Waals surface area (Å²) < 4.78 is 22.5. The maximum atomic E-state index is 11.9. The van der Waals surface area contributed by atoms with Crippen LogP contribution in [-0.4, -0.2) is 31.6 Å². The van der Waals surface area contributed by atoms with Crippen molar-refractivity contribution in [3.8, 4) is 0 Å². The highest BCUT2D eigenvalue weighted by Crippen LogP contribution is 2.25. The summed E-state index contributed by atoms with van der Waals surface area (Å²) in [6.07, 6.45) is 1.86. The van der Waals surface area contributed by atoms with Gasteiger partial charge in [-0.05, 0) is 12.1 Å². The zero-order valence-electron chi connectivity index (χ0n) is 9.50. The molecule has 3 N–H and O–H groups in total. The van der Waals surface area contributed by atoms with Crippen molar-refractivity contribution in [1.82, 2.24) is 4.98 Å². The molecule has 1 saturated heterocycles. The van der Waals surface area contributed by atoms with Crippen molar-refractivity contribution in [2.45, 2.75) is 6.42 Å². The van der Waals surface area contributed by atoms with Gasteiger partial charge in [0.05, 0.1) is 11.4 Å². The zero-order chi connectivity index (χ0) is 13.3. The summed E-state index contributed by atoms with van der Waals surface area (Å²) in [6, 6.07) is 3.47. The molecule has 1 aliphatic heterocycles. The van der Waals surface area contributed by atoms with Crippen molar-refractivity contribution >= 4 is 33.8 Å². The van der Waals surface area contributed by atoms with E-state index < -0.39 is 10.0 Å². The maximum Gasteiger partial charge on any atom is 0.227 e.